The van der Waals surface area contributed by atoms with Gasteiger partial charge in [-0.05, 0) is 50.3 Å². The Hall–Kier alpha value is -2.11. The van der Waals surface area contributed by atoms with E-state index < -0.39 is 17.1 Å². The lowest BCUT2D eigenvalue weighted by Crippen LogP contribution is -2.61. The Morgan fingerprint density at radius 2 is 2.00 bits per heavy atom. The molecule has 2 fully saturated rings. The summed E-state index contributed by atoms with van der Waals surface area (Å²) in [4.78, 5) is 29.4. The largest absolute Gasteiger partial charge is 0.505 e. The second-order valence-electron chi connectivity index (χ2n) is 6.65. The summed E-state index contributed by atoms with van der Waals surface area (Å²) >= 11 is 0. The second kappa shape index (κ2) is 6.42. The average molecular weight is 334 g/mol. The number of aromatic hydroxyl groups is 1. The number of phenolic OH excluding ortho intramolecular Hbond substituents is 1. The number of rotatable bonds is 3. The molecule has 0 aromatic heterocycles. The van der Waals surface area contributed by atoms with Crippen molar-refractivity contribution in [1.82, 2.24) is 9.80 Å². The molecule has 0 radical (unpaired) electrons. The minimum Gasteiger partial charge on any atom is -0.505 e. The summed E-state index contributed by atoms with van der Waals surface area (Å²) in [6.45, 7) is 4.00. The highest BCUT2D eigenvalue weighted by Crippen LogP contribution is 2.39. The van der Waals surface area contributed by atoms with E-state index in [2.05, 4.69) is 0 Å². The van der Waals surface area contributed by atoms with Crippen LogP contribution >= 0.6 is 0 Å². The molecule has 2 aliphatic rings. The minimum atomic E-state index is -0.769. The SMILES string of the molecule is CCCN1CCCC2(CCCN2C(=O)c2ccc(F)c(O)c2)C1=O. The molecule has 1 aromatic carbocycles. The Morgan fingerprint density at radius 3 is 2.67 bits per heavy atom. The Labute approximate surface area is 141 Å². The summed E-state index contributed by atoms with van der Waals surface area (Å²) in [5.74, 6) is -1.58. The van der Waals surface area contributed by atoms with Gasteiger partial charge in [-0.2, -0.15) is 0 Å². The molecule has 5 nitrogen and oxygen atoms in total. The molecule has 2 aliphatic heterocycles. The molecule has 2 saturated heterocycles. The summed E-state index contributed by atoms with van der Waals surface area (Å²) in [6.07, 6.45) is 3.90. The molecule has 1 spiro atoms. The Bertz CT molecular complexity index is 662. The fourth-order valence-electron chi connectivity index (χ4n) is 4.01. The monoisotopic (exact) mass is 334 g/mol. The molecule has 2 amide bonds. The van der Waals surface area contributed by atoms with Crippen LogP contribution in [0.15, 0.2) is 18.2 Å². The normalized spacial score (nSPS) is 24.0. The minimum absolute atomic E-state index is 0.0350. The van der Waals surface area contributed by atoms with E-state index in [0.717, 1.165) is 37.9 Å². The van der Waals surface area contributed by atoms with Crippen molar-refractivity contribution < 1.29 is 19.1 Å². The Morgan fingerprint density at radius 1 is 1.29 bits per heavy atom. The van der Waals surface area contributed by atoms with E-state index in [1.807, 2.05) is 11.8 Å². The van der Waals surface area contributed by atoms with E-state index in [4.69, 9.17) is 0 Å². The van der Waals surface area contributed by atoms with Crippen LogP contribution in [-0.4, -0.2) is 51.9 Å². The molecule has 24 heavy (non-hydrogen) atoms. The number of hydrogen-bond acceptors (Lipinski definition) is 3. The first-order valence-electron chi connectivity index (χ1n) is 8.59. The van der Waals surface area contributed by atoms with Gasteiger partial charge in [-0.1, -0.05) is 6.92 Å². The molecular formula is C18H23FN2O3. The maximum Gasteiger partial charge on any atom is 0.254 e. The maximum atomic E-state index is 13.2. The van der Waals surface area contributed by atoms with Gasteiger partial charge in [0.05, 0.1) is 0 Å². The van der Waals surface area contributed by atoms with E-state index in [1.165, 1.54) is 6.07 Å². The lowest BCUT2D eigenvalue weighted by Gasteiger charge is -2.44. The second-order valence-corrected chi connectivity index (χ2v) is 6.65. The number of benzene rings is 1. The first-order chi connectivity index (χ1) is 11.5. The third-order valence-electron chi connectivity index (χ3n) is 5.12. The summed E-state index contributed by atoms with van der Waals surface area (Å²) in [6, 6.07) is 3.58. The van der Waals surface area contributed by atoms with Crippen LogP contribution in [0.2, 0.25) is 0 Å². The molecular weight excluding hydrogens is 311 g/mol. The highest BCUT2D eigenvalue weighted by molar-refractivity contribution is 6.00. The van der Waals surface area contributed by atoms with Crippen LogP contribution in [0.4, 0.5) is 4.39 Å². The fraction of sp³-hybridized carbons (Fsp3) is 0.556. The number of amides is 2. The van der Waals surface area contributed by atoms with Gasteiger partial charge in [-0.25, -0.2) is 4.39 Å². The van der Waals surface area contributed by atoms with Crippen LogP contribution in [0.25, 0.3) is 0 Å². The van der Waals surface area contributed by atoms with Gasteiger partial charge >= 0.3 is 0 Å². The molecule has 1 N–H and O–H groups in total. The van der Waals surface area contributed by atoms with E-state index in [1.54, 1.807) is 4.90 Å². The summed E-state index contributed by atoms with van der Waals surface area (Å²) < 4.78 is 13.2. The number of carbonyl (C=O) groups excluding carboxylic acids is 2. The maximum absolute atomic E-state index is 13.2. The van der Waals surface area contributed by atoms with Crippen molar-refractivity contribution in [1.29, 1.82) is 0 Å². The van der Waals surface area contributed by atoms with E-state index in [0.29, 0.717) is 25.9 Å². The van der Waals surface area contributed by atoms with E-state index in [9.17, 15) is 19.1 Å². The van der Waals surface area contributed by atoms with Crippen LogP contribution in [-0.2, 0) is 4.79 Å². The number of phenols is 1. The molecule has 1 atom stereocenters. The predicted octanol–water partition coefficient (Wildman–Crippen LogP) is 2.54. The van der Waals surface area contributed by atoms with E-state index in [-0.39, 0.29) is 17.4 Å². The van der Waals surface area contributed by atoms with Crippen molar-refractivity contribution in [3.05, 3.63) is 29.6 Å². The molecule has 1 aromatic rings. The molecule has 0 bridgehead atoms. The van der Waals surface area contributed by atoms with Crippen molar-refractivity contribution in [2.45, 2.75) is 44.6 Å². The molecule has 0 aliphatic carbocycles. The highest BCUT2D eigenvalue weighted by atomic mass is 19.1. The third kappa shape index (κ3) is 2.64. The van der Waals surface area contributed by atoms with Gasteiger partial charge in [-0.15, -0.1) is 0 Å². The number of carbonyl (C=O) groups is 2. The predicted molar refractivity (Wildman–Crippen MR) is 87.2 cm³/mol. The van der Waals surface area contributed by atoms with Gasteiger partial charge in [0, 0.05) is 25.2 Å². The van der Waals surface area contributed by atoms with Crippen molar-refractivity contribution in [2.75, 3.05) is 19.6 Å². The molecule has 0 saturated carbocycles. The molecule has 130 valence electrons. The number of likely N-dealkylation sites (tertiary alicyclic amines) is 2. The average Bonchev–Trinajstić information content (AvgIpc) is 2.98. The van der Waals surface area contributed by atoms with Crippen LogP contribution < -0.4 is 0 Å². The lowest BCUT2D eigenvalue weighted by atomic mass is 9.85. The Balaban J connectivity index is 1.90. The third-order valence-corrected chi connectivity index (χ3v) is 5.12. The Kier molecular flexibility index (Phi) is 4.47. The summed E-state index contributed by atoms with van der Waals surface area (Å²) in [5, 5.41) is 9.54. The topological polar surface area (TPSA) is 60.9 Å². The molecule has 6 heteroatoms. The zero-order valence-electron chi connectivity index (χ0n) is 13.9. The first kappa shape index (κ1) is 16.7. The van der Waals surface area contributed by atoms with Crippen molar-refractivity contribution in [3.8, 4) is 5.75 Å². The smallest absolute Gasteiger partial charge is 0.254 e. The number of nitrogens with zero attached hydrogens (tertiary/aromatic N) is 2. The lowest BCUT2D eigenvalue weighted by molar-refractivity contribution is -0.145. The molecule has 1 unspecified atom stereocenters. The van der Waals surface area contributed by atoms with Crippen molar-refractivity contribution >= 4 is 11.8 Å². The first-order valence-corrected chi connectivity index (χ1v) is 8.59. The molecule has 3 rings (SSSR count). The quantitative estimate of drug-likeness (QED) is 0.924. The highest BCUT2D eigenvalue weighted by Gasteiger charge is 2.52. The number of hydrogen-bond donors (Lipinski definition) is 1. The van der Waals surface area contributed by atoms with Crippen molar-refractivity contribution in [3.63, 3.8) is 0 Å². The van der Waals surface area contributed by atoms with Crippen LogP contribution in [0.5, 0.6) is 5.75 Å². The number of piperidine rings is 1. The zero-order valence-corrected chi connectivity index (χ0v) is 13.9. The van der Waals surface area contributed by atoms with Gasteiger partial charge < -0.3 is 14.9 Å². The summed E-state index contributed by atoms with van der Waals surface area (Å²) in [7, 11) is 0. The molecule has 2 heterocycles. The van der Waals surface area contributed by atoms with Gasteiger partial charge in [0.1, 0.15) is 5.54 Å². The standard InChI is InChI=1S/C18H23FN2O3/c1-2-9-20-10-3-7-18(17(20)24)8-4-11-21(18)16(23)13-5-6-14(19)15(22)12-13/h5-6,12,22H,2-4,7-11H2,1H3. The van der Waals surface area contributed by atoms with Crippen LogP contribution in [0, 0.1) is 5.82 Å². The van der Waals surface area contributed by atoms with Gasteiger partial charge in [0.15, 0.2) is 11.6 Å². The van der Waals surface area contributed by atoms with Crippen LogP contribution in [0.3, 0.4) is 0 Å². The van der Waals surface area contributed by atoms with Gasteiger partial charge in [0.2, 0.25) is 5.91 Å². The van der Waals surface area contributed by atoms with E-state index >= 15 is 0 Å². The fourth-order valence-corrected chi connectivity index (χ4v) is 4.01. The summed E-state index contributed by atoms with van der Waals surface area (Å²) in [5.41, 5.74) is -0.551. The van der Waals surface area contributed by atoms with Gasteiger partial charge in [-0.3, -0.25) is 9.59 Å². The zero-order chi connectivity index (χ0) is 17.3. The van der Waals surface area contributed by atoms with Crippen molar-refractivity contribution in [2.24, 2.45) is 0 Å². The van der Waals surface area contributed by atoms with Crippen LogP contribution in [0.1, 0.15) is 49.4 Å². The van der Waals surface area contributed by atoms with Gasteiger partial charge in [0.25, 0.3) is 5.91 Å². The number of halogens is 1.